The van der Waals surface area contributed by atoms with Crippen LogP contribution in [0.2, 0.25) is 0 Å². The third-order valence-electron chi connectivity index (χ3n) is 3.02. The molecule has 0 amide bonds. The van der Waals surface area contributed by atoms with Gasteiger partial charge in [-0.1, -0.05) is 32.9 Å². The van der Waals surface area contributed by atoms with Crippen LogP contribution in [0.15, 0.2) is 24.4 Å². The molecule has 2 N–H and O–H groups in total. The normalized spacial score (nSPS) is 14.1. The number of aromatic nitrogens is 2. The molecule has 17 heavy (non-hydrogen) atoms. The van der Waals surface area contributed by atoms with Gasteiger partial charge in [0, 0.05) is 5.39 Å². The van der Waals surface area contributed by atoms with E-state index in [-0.39, 0.29) is 11.5 Å². The Balaban J connectivity index is 2.10. The summed E-state index contributed by atoms with van der Waals surface area (Å²) in [5.41, 5.74) is 2.21. The van der Waals surface area contributed by atoms with Gasteiger partial charge in [-0.15, -0.1) is 0 Å². The molecule has 1 aromatic carbocycles. The van der Waals surface area contributed by atoms with Crippen molar-refractivity contribution in [2.75, 3.05) is 0 Å². The van der Waals surface area contributed by atoms with Crippen molar-refractivity contribution < 1.29 is 5.11 Å². The van der Waals surface area contributed by atoms with Crippen LogP contribution < -0.4 is 0 Å². The Morgan fingerprint density at radius 2 is 2.12 bits per heavy atom. The molecule has 92 valence electrons. The molecule has 2 rings (SSSR count). The summed E-state index contributed by atoms with van der Waals surface area (Å²) in [5.74, 6) is 0. The van der Waals surface area contributed by atoms with Gasteiger partial charge in [0.15, 0.2) is 0 Å². The zero-order chi connectivity index (χ0) is 12.5. The Labute approximate surface area is 102 Å². The van der Waals surface area contributed by atoms with Crippen LogP contribution in [0, 0.1) is 5.41 Å². The Kier molecular flexibility index (Phi) is 3.20. The molecule has 3 nitrogen and oxygen atoms in total. The number of aliphatic hydroxyl groups is 1. The molecule has 3 heteroatoms. The first-order valence-electron chi connectivity index (χ1n) is 6.07. The van der Waals surface area contributed by atoms with Crippen LogP contribution in [-0.4, -0.2) is 15.3 Å². The summed E-state index contributed by atoms with van der Waals surface area (Å²) in [4.78, 5) is 0. The van der Waals surface area contributed by atoms with Crippen molar-refractivity contribution in [1.82, 2.24) is 10.2 Å². The molecule has 0 aliphatic rings. The van der Waals surface area contributed by atoms with Gasteiger partial charge >= 0.3 is 0 Å². The van der Waals surface area contributed by atoms with Crippen LogP contribution >= 0.6 is 0 Å². The maximum Gasteiger partial charge on any atom is 0.0791 e. The summed E-state index contributed by atoms with van der Waals surface area (Å²) in [5, 5.41) is 18.1. The van der Waals surface area contributed by atoms with E-state index in [1.165, 1.54) is 0 Å². The highest BCUT2D eigenvalue weighted by Crippen LogP contribution is 2.28. The summed E-state index contributed by atoms with van der Waals surface area (Å²) < 4.78 is 0. The number of aliphatic hydroxyl groups excluding tert-OH is 1. The molecule has 0 aliphatic carbocycles. The van der Waals surface area contributed by atoms with Crippen molar-refractivity contribution in [3.05, 3.63) is 30.0 Å². The minimum absolute atomic E-state index is 0.263. The number of fused-ring (bicyclic) bond motifs is 1. The second-order valence-corrected chi connectivity index (χ2v) is 5.83. The van der Waals surface area contributed by atoms with Crippen LogP contribution in [0.3, 0.4) is 0 Å². The first-order chi connectivity index (χ1) is 7.96. The van der Waals surface area contributed by atoms with Crippen molar-refractivity contribution in [3.63, 3.8) is 0 Å². The number of benzene rings is 1. The Morgan fingerprint density at radius 1 is 1.35 bits per heavy atom. The Bertz CT molecular complexity index is 496. The van der Waals surface area contributed by atoms with Crippen molar-refractivity contribution >= 4 is 10.9 Å². The second-order valence-electron chi connectivity index (χ2n) is 5.83. The van der Waals surface area contributed by atoms with Crippen molar-refractivity contribution in [2.45, 2.75) is 39.7 Å². The molecule has 1 unspecified atom stereocenters. The lowest BCUT2D eigenvalue weighted by Gasteiger charge is -2.20. The van der Waals surface area contributed by atoms with Crippen molar-refractivity contribution in [1.29, 1.82) is 0 Å². The number of H-pyrrole nitrogens is 1. The highest BCUT2D eigenvalue weighted by atomic mass is 16.3. The van der Waals surface area contributed by atoms with E-state index in [1.807, 2.05) is 18.2 Å². The summed E-state index contributed by atoms with van der Waals surface area (Å²) >= 11 is 0. The largest absolute Gasteiger partial charge is 0.388 e. The summed E-state index contributed by atoms with van der Waals surface area (Å²) in [6, 6.07) is 5.95. The fourth-order valence-electron chi connectivity index (χ4n) is 1.90. The lowest BCUT2D eigenvalue weighted by molar-refractivity contribution is 0.147. The number of hydrogen-bond donors (Lipinski definition) is 2. The molecule has 1 aromatic heterocycles. The van der Waals surface area contributed by atoms with Crippen LogP contribution in [0.25, 0.3) is 10.9 Å². The third-order valence-corrected chi connectivity index (χ3v) is 3.02. The van der Waals surface area contributed by atoms with Gasteiger partial charge < -0.3 is 5.11 Å². The topological polar surface area (TPSA) is 48.9 Å². The average molecular weight is 232 g/mol. The van der Waals surface area contributed by atoms with E-state index < -0.39 is 0 Å². The van der Waals surface area contributed by atoms with E-state index in [9.17, 15) is 5.11 Å². The number of rotatable bonds is 3. The minimum atomic E-state index is -0.387. The lowest BCUT2D eigenvalue weighted by atomic mass is 9.88. The van der Waals surface area contributed by atoms with Gasteiger partial charge in [-0.05, 0) is 29.9 Å². The molecule has 1 atom stereocenters. The van der Waals surface area contributed by atoms with Gasteiger partial charge in [-0.25, -0.2) is 0 Å². The predicted octanol–water partition coefficient (Wildman–Crippen LogP) is 3.42. The van der Waals surface area contributed by atoms with E-state index >= 15 is 0 Å². The maximum atomic E-state index is 10.1. The number of nitrogens with zero attached hydrogens (tertiary/aromatic N) is 1. The minimum Gasteiger partial charge on any atom is -0.388 e. The van der Waals surface area contributed by atoms with Gasteiger partial charge in [-0.2, -0.15) is 5.10 Å². The molecule has 2 aromatic rings. The molecule has 0 radical (unpaired) electrons. The van der Waals surface area contributed by atoms with Gasteiger partial charge in [0.25, 0.3) is 0 Å². The first-order valence-corrected chi connectivity index (χ1v) is 6.07. The van der Waals surface area contributed by atoms with E-state index in [2.05, 4.69) is 31.0 Å². The molecular formula is C14H20N2O. The van der Waals surface area contributed by atoms with Crippen LogP contribution in [0.4, 0.5) is 0 Å². The summed E-state index contributed by atoms with van der Waals surface area (Å²) in [6.45, 7) is 6.58. The molecule has 0 spiro atoms. The molecule has 1 heterocycles. The second kappa shape index (κ2) is 4.49. The SMILES string of the molecule is CC(C)(C)CCC(O)c1ccc2cn[nH]c2c1. The van der Waals surface area contributed by atoms with Crippen LogP contribution in [0.5, 0.6) is 0 Å². The monoisotopic (exact) mass is 232 g/mol. The fourth-order valence-corrected chi connectivity index (χ4v) is 1.90. The molecule has 0 saturated heterocycles. The smallest absolute Gasteiger partial charge is 0.0791 e. The highest BCUT2D eigenvalue weighted by molar-refractivity contribution is 5.78. The summed E-state index contributed by atoms with van der Waals surface area (Å²) in [6.07, 6.45) is 3.21. The summed E-state index contributed by atoms with van der Waals surface area (Å²) in [7, 11) is 0. The highest BCUT2D eigenvalue weighted by Gasteiger charge is 2.15. The zero-order valence-electron chi connectivity index (χ0n) is 10.7. The fraction of sp³-hybridized carbons (Fsp3) is 0.500. The first kappa shape index (κ1) is 12.1. The Morgan fingerprint density at radius 3 is 2.82 bits per heavy atom. The molecule has 0 fully saturated rings. The molecular weight excluding hydrogens is 212 g/mol. The van der Waals surface area contributed by atoms with Crippen molar-refractivity contribution in [2.24, 2.45) is 5.41 Å². The van der Waals surface area contributed by atoms with Crippen molar-refractivity contribution in [3.8, 4) is 0 Å². The molecule has 0 saturated carbocycles. The molecule has 0 bridgehead atoms. The van der Waals surface area contributed by atoms with Crippen LogP contribution in [-0.2, 0) is 0 Å². The van der Waals surface area contributed by atoms with E-state index in [1.54, 1.807) is 6.20 Å². The van der Waals surface area contributed by atoms with E-state index in [0.717, 1.165) is 29.3 Å². The third kappa shape index (κ3) is 3.07. The van der Waals surface area contributed by atoms with E-state index in [4.69, 9.17) is 0 Å². The lowest BCUT2D eigenvalue weighted by Crippen LogP contribution is -2.08. The predicted molar refractivity (Wildman–Crippen MR) is 69.7 cm³/mol. The van der Waals surface area contributed by atoms with Gasteiger partial charge in [0.05, 0.1) is 17.8 Å². The zero-order valence-corrected chi connectivity index (χ0v) is 10.7. The quantitative estimate of drug-likeness (QED) is 0.851. The standard InChI is InChI=1S/C14H20N2O/c1-14(2,3)7-6-13(17)10-4-5-11-9-15-16-12(11)8-10/h4-5,8-9,13,17H,6-7H2,1-3H3,(H,15,16). The number of hydrogen-bond acceptors (Lipinski definition) is 2. The number of nitrogens with one attached hydrogen (secondary N) is 1. The molecule has 0 aliphatic heterocycles. The number of aromatic amines is 1. The van der Waals surface area contributed by atoms with Crippen LogP contribution in [0.1, 0.15) is 45.3 Å². The Hall–Kier alpha value is -1.35. The van der Waals surface area contributed by atoms with E-state index in [0.29, 0.717) is 0 Å². The average Bonchev–Trinajstić information content (AvgIpc) is 2.71. The van der Waals surface area contributed by atoms with Gasteiger partial charge in [0.1, 0.15) is 0 Å². The van der Waals surface area contributed by atoms with Gasteiger partial charge in [0.2, 0.25) is 0 Å². The van der Waals surface area contributed by atoms with Gasteiger partial charge in [-0.3, -0.25) is 5.10 Å². The maximum absolute atomic E-state index is 10.1.